The Hall–Kier alpha value is -1.96. The predicted octanol–water partition coefficient (Wildman–Crippen LogP) is 7.04. The summed E-state index contributed by atoms with van der Waals surface area (Å²) in [4.78, 5) is 10.3. The Kier molecular flexibility index (Phi) is 5.05. The molecule has 0 bridgehead atoms. The van der Waals surface area contributed by atoms with E-state index >= 15 is 0 Å². The van der Waals surface area contributed by atoms with Gasteiger partial charge in [0.05, 0.1) is 11.0 Å². The highest BCUT2D eigenvalue weighted by Crippen LogP contribution is 2.35. The molecule has 2 heteroatoms. The molecule has 2 nitrogen and oxygen atoms in total. The molecule has 0 N–H and O–H groups in total. The fourth-order valence-electron chi connectivity index (χ4n) is 3.95. The van der Waals surface area contributed by atoms with E-state index < -0.39 is 0 Å². The lowest BCUT2D eigenvalue weighted by atomic mass is 9.91. The fourth-order valence-corrected chi connectivity index (χ4v) is 3.95. The lowest BCUT2D eigenvalue weighted by Crippen LogP contribution is -2.06. The molecule has 2 aromatic heterocycles. The van der Waals surface area contributed by atoms with Crippen LogP contribution >= 0.6 is 0 Å². The molecule has 2 unspecified atom stereocenters. The van der Waals surface area contributed by atoms with Gasteiger partial charge < -0.3 is 0 Å². The summed E-state index contributed by atoms with van der Waals surface area (Å²) >= 11 is 0. The van der Waals surface area contributed by atoms with Crippen molar-refractivity contribution in [1.82, 2.24) is 9.97 Å². The molecule has 26 heavy (non-hydrogen) atoms. The molecular weight excluding hydrogens is 316 g/mol. The Morgan fingerprint density at radius 1 is 0.654 bits per heavy atom. The number of hydrogen-bond acceptors (Lipinski definition) is 2. The van der Waals surface area contributed by atoms with Crippen molar-refractivity contribution in [3.63, 3.8) is 0 Å². The Balaban J connectivity index is 2.47. The Bertz CT molecular complexity index is 904. The van der Waals surface area contributed by atoms with Gasteiger partial charge in [-0.05, 0) is 74.6 Å². The first kappa shape index (κ1) is 18.8. The summed E-state index contributed by atoms with van der Waals surface area (Å²) in [5, 5.41) is 2.49. The molecule has 0 radical (unpaired) electrons. The maximum atomic E-state index is 5.17. The molecule has 1 aromatic carbocycles. The molecule has 138 valence electrons. The van der Waals surface area contributed by atoms with Crippen LogP contribution in [0.4, 0.5) is 0 Å². The zero-order chi connectivity index (χ0) is 19.2. The topological polar surface area (TPSA) is 25.8 Å². The van der Waals surface area contributed by atoms with Gasteiger partial charge >= 0.3 is 0 Å². The molecule has 0 saturated heterocycles. The average molecular weight is 349 g/mol. The smallest absolute Gasteiger partial charge is 0.0971 e. The van der Waals surface area contributed by atoms with Crippen LogP contribution in [0.25, 0.3) is 21.8 Å². The number of benzene rings is 1. The Labute approximate surface area is 158 Å². The van der Waals surface area contributed by atoms with Crippen molar-refractivity contribution in [2.45, 2.75) is 80.1 Å². The van der Waals surface area contributed by atoms with E-state index in [0.717, 1.165) is 23.9 Å². The third-order valence-electron chi connectivity index (χ3n) is 6.48. The summed E-state index contributed by atoms with van der Waals surface area (Å²) in [5.74, 6) is 0.933. The second kappa shape index (κ2) is 6.98. The van der Waals surface area contributed by atoms with E-state index in [9.17, 15) is 0 Å². The second-order valence-electron chi connectivity index (χ2n) is 7.97. The summed E-state index contributed by atoms with van der Waals surface area (Å²) in [5.41, 5.74) is 9.97. The van der Waals surface area contributed by atoms with Crippen molar-refractivity contribution in [1.29, 1.82) is 0 Å². The van der Waals surface area contributed by atoms with Gasteiger partial charge in [-0.25, -0.2) is 9.97 Å². The normalized spacial score (nSPS) is 14.2. The third-order valence-corrected chi connectivity index (χ3v) is 6.48. The summed E-state index contributed by atoms with van der Waals surface area (Å²) < 4.78 is 0. The van der Waals surface area contributed by atoms with Crippen molar-refractivity contribution in [2.24, 2.45) is 0 Å². The van der Waals surface area contributed by atoms with E-state index in [1.807, 2.05) is 0 Å². The maximum Gasteiger partial charge on any atom is 0.0971 e. The highest BCUT2D eigenvalue weighted by molar-refractivity contribution is 6.05. The first-order valence-electron chi connectivity index (χ1n) is 10.0. The molecular formula is C24H32N2. The van der Waals surface area contributed by atoms with Crippen LogP contribution in [0.2, 0.25) is 0 Å². The van der Waals surface area contributed by atoms with E-state index in [4.69, 9.17) is 9.97 Å². The molecule has 0 spiro atoms. The van der Waals surface area contributed by atoms with Crippen molar-refractivity contribution in [3.05, 3.63) is 45.8 Å². The van der Waals surface area contributed by atoms with Crippen LogP contribution in [-0.2, 0) is 0 Å². The highest BCUT2D eigenvalue weighted by Gasteiger charge is 2.19. The number of hydrogen-bond donors (Lipinski definition) is 0. The molecule has 0 aliphatic rings. The number of rotatable bonds is 4. The monoisotopic (exact) mass is 348 g/mol. The van der Waals surface area contributed by atoms with Gasteiger partial charge in [0.15, 0.2) is 0 Å². The van der Waals surface area contributed by atoms with Crippen LogP contribution < -0.4 is 0 Å². The van der Waals surface area contributed by atoms with Crippen molar-refractivity contribution >= 4 is 21.8 Å². The lowest BCUT2D eigenvalue weighted by molar-refractivity contribution is 0.702. The number of nitrogens with zero attached hydrogens (tertiary/aromatic N) is 2. The van der Waals surface area contributed by atoms with E-state index in [-0.39, 0.29) is 0 Å². The van der Waals surface area contributed by atoms with Crippen LogP contribution in [0.15, 0.2) is 12.1 Å². The van der Waals surface area contributed by atoms with Gasteiger partial charge in [0.1, 0.15) is 0 Å². The minimum Gasteiger partial charge on any atom is -0.250 e. The van der Waals surface area contributed by atoms with Crippen LogP contribution in [0.1, 0.15) is 86.0 Å². The van der Waals surface area contributed by atoms with Gasteiger partial charge in [0, 0.05) is 22.2 Å². The van der Waals surface area contributed by atoms with E-state index in [1.165, 1.54) is 44.4 Å². The van der Waals surface area contributed by atoms with Gasteiger partial charge in [0.2, 0.25) is 0 Å². The summed E-state index contributed by atoms with van der Waals surface area (Å²) in [6.07, 6.45) is 2.21. The molecule has 0 aliphatic heterocycles. The summed E-state index contributed by atoms with van der Waals surface area (Å²) in [6, 6.07) is 4.48. The molecule has 2 atom stereocenters. The van der Waals surface area contributed by atoms with Crippen molar-refractivity contribution < 1.29 is 0 Å². The van der Waals surface area contributed by atoms with Crippen molar-refractivity contribution in [2.75, 3.05) is 0 Å². The molecule has 0 fully saturated rings. The maximum absolute atomic E-state index is 5.17. The molecule has 3 rings (SSSR count). The number of pyridine rings is 2. The quantitative estimate of drug-likeness (QED) is 0.472. The first-order chi connectivity index (χ1) is 12.3. The van der Waals surface area contributed by atoms with Crippen LogP contribution in [0.5, 0.6) is 0 Å². The Morgan fingerprint density at radius 3 is 1.31 bits per heavy atom. The van der Waals surface area contributed by atoms with Gasteiger partial charge in [-0.1, -0.05) is 39.8 Å². The fraction of sp³-hybridized carbons (Fsp3) is 0.500. The van der Waals surface area contributed by atoms with Crippen LogP contribution in [0, 0.1) is 27.7 Å². The standard InChI is InChI=1S/C24H32N2/c1-9-13(3)21-17(7)15(5)19-11-12-20-16(6)18(8)22(14(4)10-2)26-24(20)23(19)25-21/h11-14H,9-10H2,1-8H3. The SMILES string of the molecule is CCC(C)c1nc2c(ccc3c(C)c(C)c(C(C)CC)nc32)c(C)c1C. The third kappa shape index (κ3) is 2.80. The zero-order valence-electron chi connectivity index (χ0n) is 17.6. The van der Waals surface area contributed by atoms with Gasteiger partial charge in [0.25, 0.3) is 0 Å². The number of fused-ring (bicyclic) bond motifs is 3. The Morgan fingerprint density at radius 2 is 1.00 bits per heavy atom. The largest absolute Gasteiger partial charge is 0.250 e. The van der Waals surface area contributed by atoms with Crippen LogP contribution in [-0.4, -0.2) is 9.97 Å². The van der Waals surface area contributed by atoms with Crippen molar-refractivity contribution in [3.8, 4) is 0 Å². The summed E-state index contributed by atoms with van der Waals surface area (Å²) in [7, 11) is 0. The minimum atomic E-state index is 0.467. The molecule has 0 saturated carbocycles. The molecule has 3 aromatic rings. The van der Waals surface area contributed by atoms with E-state index in [2.05, 4.69) is 67.5 Å². The van der Waals surface area contributed by atoms with Gasteiger partial charge in [-0.3, -0.25) is 0 Å². The minimum absolute atomic E-state index is 0.467. The van der Waals surface area contributed by atoms with Gasteiger partial charge in [-0.15, -0.1) is 0 Å². The van der Waals surface area contributed by atoms with Crippen LogP contribution in [0.3, 0.4) is 0 Å². The zero-order valence-corrected chi connectivity index (χ0v) is 17.6. The highest BCUT2D eigenvalue weighted by atomic mass is 14.8. The van der Waals surface area contributed by atoms with Gasteiger partial charge in [-0.2, -0.15) is 0 Å². The molecule has 0 amide bonds. The lowest BCUT2D eigenvalue weighted by Gasteiger charge is -2.19. The summed E-state index contributed by atoms with van der Waals surface area (Å²) in [6.45, 7) is 17.9. The van der Waals surface area contributed by atoms with E-state index in [0.29, 0.717) is 11.8 Å². The first-order valence-corrected chi connectivity index (χ1v) is 10.0. The number of aromatic nitrogens is 2. The number of aryl methyl sites for hydroxylation is 2. The molecule has 0 aliphatic carbocycles. The predicted molar refractivity (Wildman–Crippen MR) is 113 cm³/mol. The average Bonchev–Trinajstić information content (AvgIpc) is 2.65. The van der Waals surface area contributed by atoms with E-state index in [1.54, 1.807) is 0 Å². The second-order valence-corrected chi connectivity index (χ2v) is 7.97. The molecule has 2 heterocycles.